The Morgan fingerprint density at radius 3 is 2.87 bits per heavy atom. The van der Waals surface area contributed by atoms with Crippen LogP contribution in [0.1, 0.15) is 37.0 Å². The Hall–Kier alpha value is -1.29. The van der Waals surface area contributed by atoms with Crippen LogP contribution >= 0.6 is 0 Å². The number of aliphatic hydroxyl groups excluding tert-OH is 1. The average Bonchev–Trinajstić information content (AvgIpc) is 2.71. The molecule has 1 heterocycles. The van der Waals surface area contributed by atoms with E-state index in [2.05, 4.69) is 5.32 Å². The summed E-state index contributed by atoms with van der Waals surface area (Å²) < 4.78 is 4.83. The lowest BCUT2D eigenvalue weighted by Gasteiger charge is -2.28. The Kier molecular flexibility index (Phi) is 3.91. The van der Waals surface area contributed by atoms with E-state index in [4.69, 9.17) is 9.52 Å². The number of furan rings is 1. The first-order chi connectivity index (χ1) is 7.11. The third-order valence-electron chi connectivity index (χ3n) is 2.64. The van der Waals surface area contributed by atoms with Gasteiger partial charge in [-0.05, 0) is 25.8 Å². The first kappa shape index (κ1) is 11.8. The zero-order valence-corrected chi connectivity index (χ0v) is 9.12. The van der Waals surface area contributed by atoms with Crippen LogP contribution in [0.5, 0.6) is 0 Å². The molecule has 0 radical (unpaired) electrons. The van der Waals surface area contributed by atoms with Crippen LogP contribution in [0.15, 0.2) is 23.0 Å². The monoisotopic (exact) mass is 211 g/mol. The topological polar surface area (TPSA) is 62.5 Å². The lowest BCUT2D eigenvalue weighted by molar-refractivity contribution is 0.0885. The molecule has 0 aliphatic carbocycles. The van der Waals surface area contributed by atoms with Crippen molar-refractivity contribution < 1.29 is 14.3 Å². The molecular weight excluding hydrogens is 194 g/mol. The molecule has 0 aliphatic heterocycles. The molecule has 0 bridgehead atoms. The fraction of sp³-hybridized carbons (Fsp3) is 0.545. The quantitative estimate of drug-likeness (QED) is 0.777. The van der Waals surface area contributed by atoms with Gasteiger partial charge < -0.3 is 14.8 Å². The Labute approximate surface area is 89.3 Å². The van der Waals surface area contributed by atoms with Crippen molar-refractivity contribution in [3.05, 3.63) is 24.2 Å². The zero-order chi connectivity index (χ0) is 11.3. The molecule has 0 saturated carbocycles. The molecule has 1 rings (SSSR count). The van der Waals surface area contributed by atoms with E-state index < -0.39 is 0 Å². The first-order valence-corrected chi connectivity index (χ1v) is 5.07. The van der Waals surface area contributed by atoms with Crippen molar-refractivity contribution in [2.24, 2.45) is 0 Å². The summed E-state index contributed by atoms with van der Waals surface area (Å²) in [6.45, 7) is 3.96. The number of carbonyl (C=O) groups excluding carboxylic acids is 1. The highest BCUT2D eigenvalue weighted by atomic mass is 16.3. The van der Waals surface area contributed by atoms with Gasteiger partial charge in [0, 0.05) is 12.1 Å². The highest BCUT2D eigenvalue weighted by Gasteiger charge is 2.24. The summed E-state index contributed by atoms with van der Waals surface area (Å²) in [5, 5.41) is 11.8. The maximum atomic E-state index is 11.7. The number of carbonyl (C=O) groups is 1. The van der Waals surface area contributed by atoms with Crippen molar-refractivity contribution in [3.63, 3.8) is 0 Å². The molecular formula is C11H17NO3. The summed E-state index contributed by atoms with van der Waals surface area (Å²) in [5.41, 5.74) is 0.149. The highest BCUT2D eigenvalue weighted by Crippen LogP contribution is 2.15. The van der Waals surface area contributed by atoms with Crippen LogP contribution in [-0.4, -0.2) is 23.2 Å². The van der Waals surface area contributed by atoms with E-state index in [1.807, 2.05) is 13.8 Å². The third kappa shape index (κ3) is 3.09. The Morgan fingerprint density at radius 2 is 2.40 bits per heavy atom. The van der Waals surface area contributed by atoms with Gasteiger partial charge in [0.15, 0.2) is 0 Å². The number of hydrogen-bond donors (Lipinski definition) is 2. The second kappa shape index (κ2) is 4.98. The van der Waals surface area contributed by atoms with Crippen molar-refractivity contribution >= 4 is 5.91 Å². The lowest BCUT2D eigenvalue weighted by atomic mass is 9.94. The molecule has 2 N–H and O–H groups in total. The maximum absolute atomic E-state index is 11.7. The minimum Gasteiger partial charge on any atom is -0.472 e. The normalized spacial score (nSPS) is 14.6. The molecule has 0 saturated heterocycles. The maximum Gasteiger partial charge on any atom is 0.254 e. The summed E-state index contributed by atoms with van der Waals surface area (Å²) in [7, 11) is 0. The predicted octanol–water partition coefficient (Wildman–Crippen LogP) is 1.56. The van der Waals surface area contributed by atoms with Gasteiger partial charge in [0.2, 0.25) is 0 Å². The lowest BCUT2D eigenvalue weighted by Crippen LogP contribution is -2.46. The molecule has 1 atom stereocenters. The van der Waals surface area contributed by atoms with Gasteiger partial charge in [-0.15, -0.1) is 0 Å². The SMILES string of the molecule is CCC(C)(CCO)NC(=O)c1ccoc1. The first-order valence-electron chi connectivity index (χ1n) is 5.07. The van der Waals surface area contributed by atoms with Crippen LogP contribution in [0.3, 0.4) is 0 Å². The fourth-order valence-electron chi connectivity index (χ4n) is 1.31. The van der Waals surface area contributed by atoms with Crippen LogP contribution in [0.4, 0.5) is 0 Å². The van der Waals surface area contributed by atoms with E-state index in [9.17, 15) is 4.79 Å². The summed E-state index contributed by atoms with van der Waals surface area (Å²) in [5.74, 6) is -0.165. The van der Waals surface area contributed by atoms with Crippen LogP contribution in [-0.2, 0) is 0 Å². The second-order valence-electron chi connectivity index (χ2n) is 3.85. The van der Waals surface area contributed by atoms with Gasteiger partial charge in [-0.1, -0.05) is 6.92 Å². The van der Waals surface area contributed by atoms with Crippen molar-refractivity contribution in [3.8, 4) is 0 Å². The van der Waals surface area contributed by atoms with Gasteiger partial charge in [0.25, 0.3) is 5.91 Å². The number of amides is 1. The summed E-state index contributed by atoms with van der Waals surface area (Å²) >= 11 is 0. The largest absolute Gasteiger partial charge is 0.472 e. The Bertz CT molecular complexity index is 308. The standard InChI is InChI=1S/C11H17NO3/c1-3-11(2,5-6-13)12-10(14)9-4-7-15-8-9/h4,7-8,13H,3,5-6H2,1-2H3,(H,12,14). The zero-order valence-electron chi connectivity index (χ0n) is 9.12. The van der Waals surface area contributed by atoms with E-state index in [0.29, 0.717) is 12.0 Å². The second-order valence-corrected chi connectivity index (χ2v) is 3.85. The minimum atomic E-state index is -0.358. The molecule has 4 nitrogen and oxygen atoms in total. The summed E-state index contributed by atoms with van der Waals surface area (Å²) in [6, 6.07) is 1.62. The fourth-order valence-corrected chi connectivity index (χ4v) is 1.31. The van der Waals surface area contributed by atoms with Crippen molar-refractivity contribution in [2.45, 2.75) is 32.2 Å². The molecule has 0 fully saturated rings. The van der Waals surface area contributed by atoms with Crippen LogP contribution in [0, 0.1) is 0 Å². The highest BCUT2D eigenvalue weighted by molar-refractivity contribution is 5.94. The molecule has 84 valence electrons. The van der Waals surface area contributed by atoms with Crippen LogP contribution in [0.2, 0.25) is 0 Å². The van der Waals surface area contributed by atoms with E-state index in [1.165, 1.54) is 12.5 Å². The summed E-state index contributed by atoms with van der Waals surface area (Å²) in [6.07, 6.45) is 4.19. The van der Waals surface area contributed by atoms with E-state index >= 15 is 0 Å². The Balaban J connectivity index is 2.63. The molecule has 1 aromatic rings. The van der Waals surface area contributed by atoms with E-state index in [-0.39, 0.29) is 18.1 Å². The van der Waals surface area contributed by atoms with Crippen molar-refractivity contribution in [2.75, 3.05) is 6.61 Å². The van der Waals surface area contributed by atoms with Gasteiger partial charge in [0.05, 0.1) is 11.8 Å². The molecule has 1 aromatic heterocycles. The van der Waals surface area contributed by atoms with Crippen molar-refractivity contribution in [1.82, 2.24) is 5.32 Å². The molecule has 0 aliphatic rings. The van der Waals surface area contributed by atoms with E-state index in [0.717, 1.165) is 6.42 Å². The van der Waals surface area contributed by atoms with Crippen LogP contribution in [0.25, 0.3) is 0 Å². The molecule has 4 heteroatoms. The van der Waals surface area contributed by atoms with Crippen LogP contribution < -0.4 is 5.32 Å². The number of nitrogens with one attached hydrogen (secondary N) is 1. The molecule has 0 aromatic carbocycles. The summed E-state index contributed by atoms with van der Waals surface area (Å²) in [4.78, 5) is 11.7. The molecule has 1 amide bonds. The predicted molar refractivity (Wildman–Crippen MR) is 56.6 cm³/mol. The smallest absolute Gasteiger partial charge is 0.254 e. The average molecular weight is 211 g/mol. The number of aliphatic hydroxyl groups is 1. The molecule has 0 spiro atoms. The van der Waals surface area contributed by atoms with Gasteiger partial charge in [-0.25, -0.2) is 0 Å². The molecule has 15 heavy (non-hydrogen) atoms. The number of rotatable bonds is 5. The van der Waals surface area contributed by atoms with Crippen molar-refractivity contribution in [1.29, 1.82) is 0 Å². The molecule has 1 unspecified atom stereocenters. The minimum absolute atomic E-state index is 0.0655. The van der Waals surface area contributed by atoms with Gasteiger partial charge in [-0.3, -0.25) is 4.79 Å². The van der Waals surface area contributed by atoms with Gasteiger partial charge >= 0.3 is 0 Å². The third-order valence-corrected chi connectivity index (χ3v) is 2.64. The Morgan fingerprint density at radius 1 is 1.67 bits per heavy atom. The van der Waals surface area contributed by atoms with E-state index in [1.54, 1.807) is 6.07 Å². The van der Waals surface area contributed by atoms with Gasteiger partial charge in [0.1, 0.15) is 6.26 Å². The number of hydrogen-bond acceptors (Lipinski definition) is 3. The van der Waals surface area contributed by atoms with Gasteiger partial charge in [-0.2, -0.15) is 0 Å².